The Morgan fingerprint density at radius 3 is 1.42 bits per heavy atom. The van der Waals surface area contributed by atoms with Crippen LogP contribution >= 0.6 is 0 Å². The first-order valence-corrected chi connectivity index (χ1v) is 17.2. The average molecular weight is 637 g/mol. The summed E-state index contributed by atoms with van der Waals surface area (Å²) in [6, 6.07) is 60.8. The molecule has 0 saturated carbocycles. The van der Waals surface area contributed by atoms with Crippen molar-refractivity contribution in [2.45, 2.75) is 6.92 Å². The molecule has 0 aromatic heterocycles. The number of rotatable bonds is 4. The normalized spacial score (nSPS) is 11.8. The molecule has 10 aromatic rings. The minimum atomic E-state index is 0.281. The van der Waals surface area contributed by atoms with Gasteiger partial charge in [0, 0.05) is 5.56 Å². The van der Waals surface area contributed by atoms with E-state index in [-0.39, 0.29) is 5.75 Å². The van der Waals surface area contributed by atoms with Crippen molar-refractivity contribution >= 4 is 53.9 Å². The third-order valence-electron chi connectivity index (χ3n) is 10.7. The molecule has 10 rings (SSSR count). The molecular weight excluding hydrogens is 605 g/mol. The second-order valence-electron chi connectivity index (χ2n) is 13.4. The zero-order valence-electron chi connectivity index (χ0n) is 27.6. The van der Waals surface area contributed by atoms with Crippen LogP contribution in [-0.4, -0.2) is 5.11 Å². The van der Waals surface area contributed by atoms with E-state index < -0.39 is 0 Å². The van der Waals surface area contributed by atoms with Gasteiger partial charge >= 0.3 is 0 Å². The lowest BCUT2D eigenvalue weighted by Gasteiger charge is -2.19. The summed E-state index contributed by atoms with van der Waals surface area (Å²) in [5.41, 5.74) is 9.90. The maximum atomic E-state index is 11.2. The Labute approximate surface area is 290 Å². The quantitative estimate of drug-likeness (QED) is 0.151. The SMILES string of the molecule is Cc1c(-c2ccccc2)cccc1-c1cc(-c2cccc(-c3cc4c5ccccc5c5cccc6c7ccccc7c(c3)c4c56)c2)ccc1O. The number of phenols is 1. The second-order valence-corrected chi connectivity index (χ2v) is 13.4. The first kappa shape index (κ1) is 28.6. The predicted molar refractivity (Wildman–Crippen MR) is 213 cm³/mol. The van der Waals surface area contributed by atoms with Gasteiger partial charge in [-0.3, -0.25) is 0 Å². The van der Waals surface area contributed by atoms with E-state index in [0.29, 0.717) is 0 Å². The molecule has 234 valence electrons. The summed E-state index contributed by atoms with van der Waals surface area (Å²) < 4.78 is 0. The monoisotopic (exact) mass is 636 g/mol. The molecule has 0 unspecified atom stereocenters. The molecule has 0 saturated heterocycles. The molecule has 0 fully saturated rings. The van der Waals surface area contributed by atoms with Crippen molar-refractivity contribution in [3.8, 4) is 50.3 Å². The Morgan fingerprint density at radius 2 is 0.760 bits per heavy atom. The fourth-order valence-electron chi connectivity index (χ4n) is 8.35. The molecule has 0 spiro atoms. The van der Waals surface area contributed by atoms with Crippen LogP contribution in [0.1, 0.15) is 5.56 Å². The molecule has 50 heavy (non-hydrogen) atoms. The number of phenolic OH excluding ortho intramolecular Hbond substituents is 1. The molecule has 0 aliphatic heterocycles. The highest BCUT2D eigenvalue weighted by molar-refractivity contribution is 6.40. The second kappa shape index (κ2) is 11.1. The highest BCUT2D eigenvalue weighted by atomic mass is 16.3. The molecule has 0 heterocycles. The molecular formula is C49H32O. The molecule has 1 N–H and O–H groups in total. The molecule has 0 atom stereocenters. The zero-order valence-corrected chi connectivity index (χ0v) is 27.6. The molecule has 10 aromatic carbocycles. The summed E-state index contributed by atoms with van der Waals surface area (Å²) in [6.45, 7) is 2.14. The largest absolute Gasteiger partial charge is 0.507 e. The Kier molecular flexibility index (Phi) is 6.31. The van der Waals surface area contributed by atoms with Crippen molar-refractivity contribution in [1.29, 1.82) is 0 Å². The van der Waals surface area contributed by atoms with Crippen LogP contribution in [0.3, 0.4) is 0 Å². The summed E-state index contributed by atoms with van der Waals surface area (Å²) in [5.74, 6) is 0.281. The lowest BCUT2D eigenvalue weighted by Crippen LogP contribution is -1.91. The first-order chi connectivity index (χ1) is 24.6. The third kappa shape index (κ3) is 4.27. The number of benzene rings is 10. The van der Waals surface area contributed by atoms with Gasteiger partial charge in [0.25, 0.3) is 0 Å². The van der Waals surface area contributed by atoms with E-state index in [1.54, 1.807) is 0 Å². The van der Waals surface area contributed by atoms with Gasteiger partial charge in [-0.25, -0.2) is 0 Å². The summed E-state index contributed by atoms with van der Waals surface area (Å²) >= 11 is 0. The Bertz CT molecular complexity index is 2830. The van der Waals surface area contributed by atoms with Crippen LogP contribution in [0.4, 0.5) is 0 Å². The number of hydrogen-bond acceptors (Lipinski definition) is 1. The summed E-state index contributed by atoms with van der Waals surface area (Å²) in [5, 5.41) is 24.2. The van der Waals surface area contributed by atoms with Crippen LogP contribution in [0.15, 0.2) is 170 Å². The van der Waals surface area contributed by atoms with E-state index in [0.717, 1.165) is 33.4 Å². The number of hydrogen-bond donors (Lipinski definition) is 1. The summed E-state index contributed by atoms with van der Waals surface area (Å²) in [6.07, 6.45) is 0. The van der Waals surface area contributed by atoms with Crippen LogP contribution in [0.5, 0.6) is 5.75 Å². The molecule has 0 aliphatic carbocycles. The minimum absolute atomic E-state index is 0.281. The fourth-order valence-corrected chi connectivity index (χ4v) is 8.35. The van der Waals surface area contributed by atoms with E-state index >= 15 is 0 Å². The van der Waals surface area contributed by atoms with Gasteiger partial charge in [0.05, 0.1) is 0 Å². The van der Waals surface area contributed by atoms with E-state index in [2.05, 4.69) is 159 Å². The zero-order chi connectivity index (χ0) is 33.3. The van der Waals surface area contributed by atoms with Crippen LogP contribution in [0, 0.1) is 6.92 Å². The third-order valence-corrected chi connectivity index (χ3v) is 10.7. The highest BCUT2D eigenvalue weighted by Gasteiger charge is 2.18. The fraction of sp³-hybridized carbons (Fsp3) is 0.0204. The van der Waals surface area contributed by atoms with Crippen molar-refractivity contribution in [1.82, 2.24) is 0 Å². The van der Waals surface area contributed by atoms with Crippen LogP contribution < -0.4 is 0 Å². The van der Waals surface area contributed by atoms with Gasteiger partial charge in [-0.2, -0.15) is 0 Å². The molecule has 1 nitrogen and oxygen atoms in total. The number of aromatic hydroxyl groups is 1. The Hall–Kier alpha value is -6.44. The van der Waals surface area contributed by atoms with Gasteiger partial charge in [0.1, 0.15) is 5.75 Å². The van der Waals surface area contributed by atoms with Gasteiger partial charge in [0.15, 0.2) is 0 Å². The van der Waals surface area contributed by atoms with Crippen molar-refractivity contribution in [3.63, 3.8) is 0 Å². The van der Waals surface area contributed by atoms with E-state index in [1.165, 1.54) is 70.6 Å². The predicted octanol–water partition coefficient (Wildman–Crippen LogP) is 13.6. The van der Waals surface area contributed by atoms with Crippen LogP contribution in [-0.2, 0) is 0 Å². The van der Waals surface area contributed by atoms with E-state index in [1.807, 2.05) is 18.2 Å². The number of fused-ring (bicyclic) bond motifs is 6. The molecule has 0 bridgehead atoms. The molecule has 0 amide bonds. The van der Waals surface area contributed by atoms with Crippen molar-refractivity contribution in [3.05, 3.63) is 175 Å². The first-order valence-electron chi connectivity index (χ1n) is 17.2. The highest BCUT2D eigenvalue weighted by Crippen LogP contribution is 2.46. The Balaban J connectivity index is 1.17. The molecule has 1 heteroatoms. The van der Waals surface area contributed by atoms with Crippen LogP contribution in [0.2, 0.25) is 0 Å². The standard InChI is InChI=1S/C49H32O/c1-30-36(31-12-3-2-4-13-31)20-10-21-37(30)44-27-34(24-25-47(44)50)32-14-9-15-33(26-32)35-28-45-40-18-7-5-16-38(40)42-22-11-23-43-39-17-6-8-19-41(39)46(29-35)49(45)48(42)43/h2-29,50H,1H3. The van der Waals surface area contributed by atoms with Gasteiger partial charge in [-0.05, 0) is 136 Å². The van der Waals surface area contributed by atoms with Crippen LogP contribution in [0.25, 0.3) is 98.4 Å². The molecule has 0 radical (unpaired) electrons. The minimum Gasteiger partial charge on any atom is -0.507 e. The van der Waals surface area contributed by atoms with Gasteiger partial charge in [0.2, 0.25) is 0 Å². The van der Waals surface area contributed by atoms with Crippen molar-refractivity contribution < 1.29 is 5.11 Å². The van der Waals surface area contributed by atoms with Gasteiger partial charge in [-0.1, -0.05) is 140 Å². The lowest BCUT2D eigenvalue weighted by atomic mass is 9.84. The average Bonchev–Trinajstić information content (AvgIpc) is 3.18. The lowest BCUT2D eigenvalue weighted by molar-refractivity contribution is 0.477. The van der Waals surface area contributed by atoms with Gasteiger partial charge in [-0.15, -0.1) is 0 Å². The summed E-state index contributed by atoms with van der Waals surface area (Å²) in [4.78, 5) is 0. The van der Waals surface area contributed by atoms with Crippen molar-refractivity contribution in [2.75, 3.05) is 0 Å². The van der Waals surface area contributed by atoms with Gasteiger partial charge < -0.3 is 5.11 Å². The summed E-state index contributed by atoms with van der Waals surface area (Å²) in [7, 11) is 0. The maximum absolute atomic E-state index is 11.2. The smallest absolute Gasteiger partial charge is 0.123 e. The Morgan fingerprint density at radius 1 is 0.300 bits per heavy atom. The van der Waals surface area contributed by atoms with E-state index in [4.69, 9.17) is 0 Å². The molecule has 0 aliphatic rings. The van der Waals surface area contributed by atoms with E-state index in [9.17, 15) is 5.11 Å². The topological polar surface area (TPSA) is 20.2 Å². The maximum Gasteiger partial charge on any atom is 0.123 e. The van der Waals surface area contributed by atoms with Crippen molar-refractivity contribution in [2.24, 2.45) is 0 Å².